The van der Waals surface area contributed by atoms with Crippen LogP contribution in [0.25, 0.3) is 5.65 Å². The summed E-state index contributed by atoms with van der Waals surface area (Å²) in [6.07, 6.45) is 2.53. The molecule has 23 heavy (non-hydrogen) atoms. The standard InChI is InChI=1S/C16H15Cl2N3O2/c1-10(22)2-4-12-9-16(21-15(20-12)6-7-19-21)23-14-5-3-11(17)8-13(14)18/h3,5-10,22H,2,4H2,1H3. The summed E-state index contributed by atoms with van der Waals surface area (Å²) in [5.74, 6) is 0.991. The zero-order valence-corrected chi connectivity index (χ0v) is 13.9. The molecule has 1 unspecified atom stereocenters. The number of ether oxygens (including phenoxy) is 1. The zero-order chi connectivity index (χ0) is 16.4. The quantitative estimate of drug-likeness (QED) is 0.750. The maximum absolute atomic E-state index is 9.45. The number of benzene rings is 1. The van der Waals surface area contributed by atoms with E-state index in [0.29, 0.717) is 40.2 Å². The van der Waals surface area contributed by atoms with Crippen molar-refractivity contribution in [2.75, 3.05) is 0 Å². The molecule has 0 fully saturated rings. The number of fused-ring (bicyclic) bond motifs is 1. The van der Waals surface area contributed by atoms with E-state index >= 15 is 0 Å². The third kappa shape index (κ3) is 3.75. The highest BCUT2D eigenvalue weighted by Gasteiger charge is 2.11. The molecule has 2 aromatic heterocycles. The van der Waals surface area contributed by atoms with Gasteiger partial charge >= 0.3 is 0 Å². The highest BCUT2D eigenvalue weighted by Crippen LogP contribution is 2.31. The van der Waals surface area contributed by atoms with Crippen LogP contribution < -0.4 is 4.74 Å². The van der Waals surface area contributed by atoms with Gasteiger partial charge < -0.3 is 9.84 Å². The monoisotopic (exact) mass is 351 g/mol. The van der Waals surface area contributed by atoms with Crippen LogP contribution in [-0.4, -0.2) is 25.8 Å². The molecule has 3 aromatic rings. The zero-order valence-electron chi connectivity index (χ0n) is 12.4. The Bertz CT molecular complexity index is 833. The molecule has 0 aliphatic rings. The second kappa shape index (κ2) is 6.74. The van der Waals surface area contributed by atoms with Crippen molar-refractivity contribution in [2.24, 2.45) is 0 Å². The Kier molecular flexibility index (Phi) is 4.71. The fourth-order valence-corrected chi connectivity index (χ4v) is 2.61. The van der Waals surface area contributed by atoms with Crippen LogP contribution in [0.2, 0.25) is 10.0 Å². The summed E-state index contributed by atoms with van der Waals surface area (Å²) in [5.41, 5.74) is 1.49. The van der Waals surface area contributed by atoms with Crippen molar-refractivity contribution in [3.05, 3.63) is 52.3 Å². The number of halogens is 2. The summed E-state index contributed by atoms with van der Waals surface area (Å²) in [7, 11) is 0. The van der Waals surface area contributed by atoms with Crippen molar-refractivity contribution in [2.45, 2.75) is 25.9 Å². The summed E-state index contributed by atoms with van der Waals surface area (Å²) < 4.78 is 7.48. The molecule has 0 saturated carbocycles. The Morgan fingerprint density at radius 3 is 2.83 bits per heavy atom. The van der Waals surface area contributed by atoms with E-state index < -0.39 is 0 Å². The van der Waals surface area contributed by atoms with Crippen LogP contribution in [0.3, 0.4) is 0 Å². The number of aryl methyl sites for hydroxylation is 1. The van der Waals surface area contributed by atoms with Crippen molar-refractivity contribution in [1.82, 2.24) is 14.6 Å². The molecule has 1 atom stereocenters. The van der Waals surface area contributed by atoms with Crippen molar-refractivity contribution in [3.63, 3.8) is 0 Å². The van der Waals surface area contributed by atoms with Crippen LogP contribution in [0.15, 0.2) is 36.5 Å². The normalized spacial score (nSPS) is 12.5. The van der Waals surface area contributed by atoms with E-state index in [-0.39, 0.29) is 6.10 Å². The van der Waals surface area contributed by atoms with Crippen LogP contribution >= 0.6 is 23.2 Å². The minimum Gasteiger partial charge on any atom is -0.437 e. The molecule has 0 aliphatic carbocycles. The Morgan fingerprint density at radius 1 is 1.26 bits per heavy atom. The number of rotatable bonds is 5. The van der Waals surface area contributed by atoms with Crippen LogP contribution in [0.4, 0.5) is 0 Å². The predicted molar refractivity (Wildman–Crippen MR) is 89.5 cm³/mol. The fourth-order valence-electron chi connectivity index (χ4n) is 2.16. The van der Waals surface area contributed by atoms with Gasteiger partial charge in [0.25, 0.3) is 0 Å². The lowest BCUT2D eigenvalue weighted by atomic mass is 10.1. The van der Waals surface area contributed by atoms with Gasteiger partial charge in [0.15, 0.2) is 5.65 Å². The smallest absolute Gasteiger partial charge is 0.224 e. The van der Waals surface area contributed by atoms with Gasteiger partial charge in [-0.2, -0.15) is 9.61 Å². The molecule has 2 heterocycles. The van der Waals surface area contributed by atoms with E-state index in [9.17, 15) is 5.11 Å². The van der Waals surface area contributed by atoms with Crippen LogP contribution in [0, 0.1) is 0 Å². The second-order valence-corrected chi connectivity index (χ2v) is 6.10. The molecule has 5 nitrogen and oxygen atoms in total. The molecule has 1 N–H and O–H groups in total. The van der Waals surface area contributed by atoms with Crippen LogP contribution in [0.5, 0.6) is 11.6 Å². The van der Waals surface area contributed by atoms with E-state index in [4.69, 9.17) is 27.9 Å². The lowest BCUT2D eigenvalue weighted by Gasteiger charge is -2.11. The minimum absolute atomic E-state index is 0.381. The highest BCUT2D eigenvalue weighted by atomic mass is 35.5. The average Bonchev–Trinajstić information content (AvgIpc) is 2.96. The molecule has 0 bridgehead atoms. The lowest BCUT2D eigenvalue weighted by Crippen LogP contribution is -2.05. The summed E-state index contributed by atoms with van der Waals surface area (Å²) >= 11 is 12.1. The van der Waals surface area contributed by atoms with Gasteiger partial charge in [0.1, 0.15) is 5.75 Å². The topological polar surface area (TPSA) is 59.7 Å². The molecule has 7 heteroatoms. The van der Waals surface area contributed by atoms with Gasteiger partial charge in [0.2, 0.25) is 5.88 Å². The first kappa shape index (κ1) is 16.1. The number of hydrogen-bond donors (Lipinski definition) is 1. The SMILES string of the molecule is CC(O)CCc1cc(Oc2ccc(Cl)cc2Cl)n2nccc2n1. The Labute approximate surface area is 143 Å². The average molecular weight is 352 g/mol. The molecule has 0 saturated heterocycles. The number of aliphatic hydroxyl groups is 1. The molecule has 0 amide bonds. The maximum Gasteiger partial charge on any atom is 0.224 e. The number of aromatic nitrogens is 3. The third-order valence-electron chi connectivity index (χ3n) is 3.31. The van der Waals surface area contributed by atoms with Gasteiger partial charge in [-0.1, -0.05) is 23.2 Å². The molecule has 3 rings (SSSR count). The molecular weight excluding hydrogens is 337 g/mol. The number of nitrogens with zero attached hydrogens (tertiary/aromatic N) is 3. The van der Waals surface area contributed by atoms with E-state index in [2.05, 4.69) is 10.1 Å². The van der Waals surface area contributed by atoms with Crippen molar-refractivity contribution < 1.29 is 9.84 Å². The van der Waals surface area contributed by atoms with Gasteiger partial charge in [-0.25, -0.2) is 4.98 Å². The van der Waals surface area contributed by atoms with Crippen molar-refractivity contribution in [1.29, 1.82) is 0 Å². The van der Waals surface area contributed by atoms with Gasteiger partial charge in [0.05, 0.1) is 17.3 Å². The molecule has 1 aromatic carbocycles. The van der Waals surface area contributed by atoms with Gasteiger partial charge in [-0.15, -0.1) is 0 Å². The summed E-state index contributed by atoms with van der Waals surface area (Å²) in [4.78, 5) is 4.50. The lowest BCUT2D eigenvalue weighted by molar-refractivity contribution is 0.184. The minimum atomic E-state index is -0.381. The van der Waals surface area contributed by atoms with E-state index in [1.165, 1.54) is 0 Å². The van der Waals surface area contributed by atoms with Gasteiger partial charge in [-0.3, -0.25) is 0 Å². The van der Waals surface area contributed by atoms with E-state index in [1.807, 2.05) is 0 Å². The van der Waals surface area contributed by atoms with Gasteiger partial charge in [0, 0.05) is 22.8 Å². The van der Waals surface area contributed by atoms with E-state index in [0.717, 1.165) is 5.69 Å². The van der Waals surface area contributed by atoms with Crippen LogP contribution in [-0.2, 0) is 6.42 Å². The largest absolute Gasteiger partial charge is 0.437 e. The fraction of sp³-hybridized carbons (Fsp3) is 0.250. The molecule has 0 aliphatic heterocycles. The first-order valence-electron chi connectivity index (χ1n) is 7.17. The summed E-state index contributed by atoms with van der Waals surface area (Å²) in [6, 6.07) is 8.62. The second-order valence-electron chi connectivity index (χ2n) is 5.25. The third-order valence-corrected chi connectivity index (χ3v) is 3.84. The van der Waals surface area contributed by atoms with Crippen molar-refractivity contribution in [3.8, 4) is 11.6 Å². The van der Waals surface area contributed by atoms with Gasteiger partial charge in [-0.05, 0) is 38.0 Å². The molecule has 0 radical (unpaired) electrons. The number of hydrogen-bond acceptors (Lipinski definition) is 4. The molecule has 120 valence electrons. The molecular formula is C16H15Cl2N3O2. The predicted octanol–water partition coefficient (Wildman–Crippen LogP) is 4.14. The first-order chi connectivity index (χ1) is 11.0. The number of aliphatic hydroxyl groups excluding tert-OH is 1. The summed E-state index contributed by atoms with van der Waals surface area (Å²) in [5, 5.41) is 14.6. The van der Waals surface area contributed by atoms with Crippen molar-refractivity contribution >= 4 is 28.8 Å². The van der Waals surface area contributed by atoms with E-state index in [1.54, 1.807) is 48.0 Å². The first-order valence-corrected chi connectivity index (χ1v) is 7.93. The highest BCUT2D eigenvalue weighted by molar-refractivity contribution is 6.35. The summed E-state index contributed by atoms with van der Waals surface area (Å²) in [6.45, 7) is 1.75. The Morgan fingerprint density at radius 2 is 2.09 bits per heavy atom. The maximum atomic E-state index is 9.45. The van der Waals surface area contributed by atoms with Crippen LogP contribution in [0.1, 0.15) is 19.0 Å². The Balaban J connectivity index is 1.96. The Hall–Kier alpha value is -1.82. The molecule has 0 spiro atoms.